The molecule has 1 unspecified atom stereocenters. The molecular formula is C9H18ClNO2. The molecule has 0 spiro atoms. The van der Waals surface area contributed by atoms with E-state index in [1.807, 2.05) is 6.08 Å². The molecule has 0 fully saturated rings. The van der Waals surface area contributed by atoms with Crippen molar-refractivity contribution in [1.82, 2.24) is 4.84 Å². The van der Waals surface area contributed by atoms with Crippen LogP contribution in [0.3, 0.4) is 0 Å². The molecule has 2 N–H and O–H groups in total. The molecule has 0 saturated heterocycles. The Bertz CT molecular complexity index is 131. The number of rotatable bonds is 8. The Hall–Kier alpha value is -0.0900. The number of halogens is 1. The highest BCUT2D eigenvalue weighted by Crippen LogP contribution is 2.00. The van der Waals surface area contributed by atoms with Gasteiger partial charge in [-0.3, -0.25) is 0 Å². The summed E-state index contributed by atoms with van der Waals surface area (Å²) in [5, 5.41) is 9.25. The summed E-state index contributed by atoms with van der Waals surface area (Å²) in [6.45, 7) is 3.06. The monoisotopic (exact) mass is 207 g/mol. The molecule has 0 aromatic heterocycles. The van der Waals surface area contributed by atoms with Gasteiger partial charge in [0, 0.05) is 13.0 Å². The summed E-state index contributed by atoms with van der Waals surface area (Å²) in [6.07, 6.45) is 5.97. The maximum Gasteiger partial charge on any atom is 0.154 e. The summed E-state index contributed by atoms with van der Waals surface area (Å²) in [5.41, 5.74) is 0. The maximum absolute atomic E-state index is 9.25. The number of hydrogen-bond donors (Lipinski definition) is 2. The molecule has 0 aliphatic rings. The van der Waals surface area contributed by atoms with Gasteiger partial charge in [0.15, 0.2) is 6.29 Å². The van der Waals surface area contributed by atoms with E-state index < -0.39 is 6.29 Å². The molecule has 0 saturated carbocycles. The average molecular weight is 208 g/mol. The standard InChI is InChI=1S/C9H18ClNO2/c1-2-3-4-5-6-9(12)13-8-7-11-10/h3-4,9,11-12H,2,5-8H2,1H3/b4-3-. The summed E-state index contributed by atoms with van der Waals surface area (Å²) in [7, 11) is 0. The lowest BCUT2D eigenvalue weighted by atomic mass is 10.2. The second-order valence-electron chi connectivity index (χ2n) is 2.67. The Labute approximate surface area is 84.8 Å². The third-order valence-electron chi connectivity index (χ3n) is 1.49. The van der Waals surface area contributed by atoms with Gasteiger partial charge in [0.05, 0.1) is 6.61 Å². The molecule has 0 aliphatic carbocycles. The summed E-state index contributed by atoms with van der Waals surface area (Å²) < 4.78 is 5.04. The average Bonchev–Trinajstić information content (AvgIpc) is 2.13. The lowest BCUT2D eigenvalue weighted by Crippen LogP contribution is -2.17. The molecule has 0 aromatic rings. The Morgan fingerprint density at radius 3 is 2.92 bits per heavy atom. The molecule has 0 radical (unpaired) electrons. The summed E-state index contributed by atoms with van der Waals surface area (Å²) in [5.74, 6) is 0. The fourth-order valence-corrected chi connectivity index (χ4v) is 0.917. The van der Waals surface area contributed by atoms with Crippen molar-refractivity contribution in [2.45, 2.75) is 32.5 Å². The number of aliphatic hydroxyl groups excluding tert-OH is 1. The van der Waals surface area contributed by atoms with Crippen LogP contribution in [0.5, 0.6) is 0 Å². The van der Waals surface area contributed by atoms with Crippen LogP contribution < -0.4 is 4.84 Å². The van der Waals surface area contributed by atoms with Crippen molar-refractivity contribution in [3.05, 3.63) is 12.2 Å². The third-order valence-corrected chi connectivity index (χ3v) is 1.68. The van der Waals surface area contributed by atoms with E-state index in [2.05, 4.69) is 17.8 Å². The Morgan fingerprint density at radius 1 is 1.54 bits per heavy atom. The normalized spacial score (nSPS) is 13.8. The van der Waals surface area contributed by atoms with E-state index in [0.717, 1.165) is 12.8 Å². The highest BCUT2D eigenvalue weighted by molar-refractivity contribution is 6.13. The van der Waals surface area contributed by atoms with Gasteiger partial charge >= 0.3 is 0 Å². The van der Waals surface area contributed by atoms with Crippen molar-refractivity contribution >= 4 is 11.8 Å². The van der Waals surface area contributed by atoms with Gasteiger partial charge in [0.2, 0.25) is 0 Å². The fraction of sp³-hybridized carbons (Fsp3) is 0.778. The predicted molar refractivity (Wildman–Crippen MR) is 54.5 cm³/mol. The largest absolute Gasteiger partial charge is 0.368 e. The third kappa shape index (κ3) is 9.83. The van der Waals surface area contributed by atoms with Crippen LogP contribution in [0, 0.1) is 0 Å². The molecule has 0 amide bonds. The van der Waals surface area contributed by atoms with E-state index >= 15 is 0 Å². The first-order valence-electron chi connectivity index (χ1n) is 4.59. The van der Waals surface area contributed by atoms with Gasteiger partial charge in [-0.25, -0.2) is 4.84 Å². The zero-order valence-electron chi connectivity index (χ0n) is 8.00. The van der Waals surface area contributed by atoms with Crippen LogP contribution in [-0.2, 0) is 4.74 Å². The first kappa shape index (κ1) is 12.9. The number of hydrogen-bond acceptors (Lipinski definition) is 3. The predicted octanol–water partition coefficient (Wildman–Crippen LogP) is 1.81. The highest BCUT2D eigenvalue weighted by atomic mass is 35.5. The van der Waals surface area contributed by atoms with Crippen molar-refractivity contribution < 1.29 is 9.84 Å². The van der Waals surface area contributed by atoms with Crippen LogP contribution in [0.25, 0.3) is 0 Å². The van der Waals surface area contributed by atoms with Crippen molar-refractivity contribution in [2.24, 2.45) is 0 Å². The van der Waals surface area contributed by atoms with Crippen molar-refractivity contribution in [3.8, 4) is 0 Å². The van der Waals surface area contributed by atoms with E-state index in [0.29, 0.717) is 19.6 Å². The molecule has 0 rings (SSSR count). The van der Waals surface area contributed by atoms with Crippen molar-refractivity contribution in [1.29, 1.82) is 0 Å². The maximum atomic E-state index is 9.25. The first-order valence-corrected chi connectivity index (χ1v) is 4.97. The lowest BCUT2D eigenvalue weighted by molar-refractivity contribution is -0.0999. The van der Waals surface area contributed by atoms with Gasteiger partial charge in [-0.2, -0.15) is 0 Å². The summed E-state index contributed by atoms with van der Waals surface area (Å²) >= 11 is 5.21. The van der Waals surface area contributed by atoms with Gasteiger partial charge in [0.25, 0.3) is 0 Å². The smallest absolute Gasteiger partial charge is 0.154 e. The second-order valence-corrected chi connectivity index (χ2v) is 2.93. The molecule has 1 atom stereocenters. The van der Waals surface area contributed by atoms with E-state index in [9.17, 15) is 5.11 Å². The minimum absolute atomic E-state index is 0.433. The number of aliphatic hydroxyl groups is 1. The Balaban J connectivity index is 3.19. The molecular weight excluding hydrogens is 190 g/mol. The van der Waals surface area contributed by atoms with Crippen LogP contribution >= 0.6 is 11.8 Å². The van der Waals surface area contributed by atoms with Gasteiger partial charge in [0.1, 0.15) is 0 Å². The Kier molecular flexibility index (Phi) is 9.92. The van der Waals surface area contributed by atoms with Gasteiger partial charge in [-0.1, -0.05) is 19.1 Å². The van der Waals surface area contributed by atoms with E-state index in [1.54, 1.807) is 0 Å². The molecule has 0 heterocycles. The van der Waals surface area contributed by atoms with Crippen LogP contribution in [0.15, 0.2) is 12.2 Å². The lowest BCUT2D eigenvalue weighted by Gasteiger charge is -2.09. The van der Waals surface area contributed by atoms with Gasteiger partial charge in [-0.05, 0) is 24.6 Å². The number of ether oxygens (including phenoxy) is 1. The molecule has 78 valence electrons. The van der Waals surface area contributed by atoms with Gasteiger partial charge in [-0.15, -0.1) is 0 Å². The van der Waals surface area contributed by atoms with Crippen LogP contribution in [0.2, 0.25) is 0 Å². The molecule has 0 aromatic carbocycles. The van der Waals surface area contributed by atoms with E-state index in [-0.39, 0.29) is 0 Å². The number of allylic oxidation sites excluding steroid dienone is 2. The fourth-order valence-electron chi connectivity index (χ4n) is 0.840. The second kappa shape index (κ2) is 9.99. The Morgan fingerprint density at radius 2 is 2.31 bits per heavy atom. The topological polar surface area (TPSA) is 41.5 Å². The minimum atomic E-state index is -0.675. The molecule has 0 bridgehead atoms. The SMILES string of the molecule is CC/C=C\CCC(O)OCCNCl. The molecule has 3 nitrogen and oxygen atoms in total. The van der Waals surface area contributed by atoms with Crippen LogP contribution in [-0.4, -0.2) is 24.5 Å². The summed E-state index contributed by atoms with van der Waals surface area (Å²) in [6, 6.07) is 0. The number of nitrogens with one attached hydrogen (secondary N) is 1. The van der Waals surface area contributed by atoms with Gasteiger partial charge < -0.3 is 9.84 Å². The molecule has 4 heteroatoms. The highest BCUT2D eigenvalue weighted by Gasteiger charge is 2.00. The molecule has 13 heavy (non-hydrogen) atoms. The quantitative estimate of drug-likeness (QED) is 0.276. The van der Waals surface area contributed by atoms with E-state index in [1.165, 1.54) is 0 Å². The van der Waals surface area contributed by atoms with Crippen molar-refractivity contribution in [3.63, 3.8) is 0 Å². The molecule has 0 aliphatic heterocycles. The zero-order valence-corrected chi connectivity index (χ0v) is 8.76. The van der Waals surface area contributed by atoms with Crippen LogP contribution in [0.1, 0.15) is 26.2 Å². The van der Waals surface area contributed by atoms with E-state index in [4.69, 9.17) is 16.5 Å². The van der Waals surface area contributed by atoms with Crippen LogP contribution in [0.4, 0.5) is 0 Å². The summed E-state index contributed by atoms with van der Waals surface area (Å²) in [4.78, 5) is 2.42. The zero-order chi connectivity index (χ0) is 9.94. The van der Waals surface area contributed by atoms with Crippen molar-refractivity contribution in [2.75, 3.05) is 13.2 Å². The minimum Gasteiger partial charge on any atom is -0.368 e. The first-order chi connectivity index (χ1) is 6.31.